The van der Waals surface area contributed by atoms with Crippen molar-refractivity contribution in [2.75, 3.05) is 31.6 Å². The van der Waals surface area contributed by atoms with Crippen LogP contribution in [-0.4, -0.2) is 65.5 Å². The van der Waals surface area contributed by atoms with Crippen molar-refractivity contribution in [3.63, 3.8) is 0 Å². The van der Waals surface area contributed by atoms with Gasteiger partial charge in [0.1, 0.15) is 0 Å². The maximum Gasteiger partial charge on any atom is 0.223 e. The molecule has 10 heteroatoms. The van der Waals surface area contributed by atoms with E-state index in [2.05, 4.69) is 20.5 Å². The lowest BCUT2D eigenvalue weighted by atomic mass is 9.97. The van der Waals surface area contributed by atoms with Crippen LogP contribution >= 0.6 is 11.8 Å². The average molecular weight is 410 g/mol. The van der Waals surface area contributed by atoms with Crippen molar-refractivity contribution in [3.8, 4) is 11.4 Å². The SMILES string of the molecule is CS(=O)(=O)N1CCC(C(=O)NCCSc2n[nH]c(-c3ccccc3)n2)CC1. The molecule has 2 N–H and O–H groups in total. The van der Waals surface area contributed by atoms with Crippen molar-refractivity contribution in [3.05, 3.63) is 30.3 Å². The molecule has 2 heterocycles. The second kappa shape index (κ2) is 8.85. The zero-order valence-electron chi connectivity index (χ0n) is 15.1. The van der Waals surface area contributed by atoms with Crippen LogP contribution in [0.25, 0.3) is 11.4 Å². The fourth-order valence-electron chi connectivity index (χ4n) is 2.95. The first-order valence-corrected chi connectivity index (χ1v) is 11.6. The number of aromatic amines is 1. The Labute approximate surface area is 163 Å². The van der Waals surface area contributed by atoms with E-state index in [4.69, 9.17) is 0 Å². The molecule has 0 unspecified atom stereocenters. The summed E-state index contributed by atoms with van der Waals surface area (Å²) in [5.74, 6) is 1.25. The molecular formula is C17H23N5O3S2. The normalized spacial score (nSPS) is 16.3. The Bertz CT molecular complexity index is 862. The molecule has 0 bridgehead atoms. The molecule has 0 radical (unpaired) electrons. The van der Waals surface area contributed by atoms with E-state index in [-0.39, 0.29) is 11.8 Å². The Hall–Kier alpha value is -1.91. The number of nitrogens with zero attached hydrogens (tertiary/aromatic N) is 3. The summed E-state index contributed by atoms with van der Waals surface area (Å²) >= 11 is 1.47. The maximum atomic E-state index is 12.2. The highest BCUT2D eigenvalue weighted by Crippen LogP contribution is 2.20. The van der Waals surface area contributed by atoms with Gasteiger partial charge >= 0.3 is 0 Å². The van der Waals surface area contributed by atoms with Gasteiger partial charge in [-0.1, -0.05) is 42.1 Å². The van der Waals surface area contributed by atoms with Crippen LogP contribution in [-0.2, 0) is 14.8 Å². The standard InChI is InChI=1S/C17H23N5O3S2/c1-27(24,25)22-10-7-14(8-11-22)16(23)18-9-12-26-17-19-15(20-21-17)13-5-3-2-4-6-13/h2-6,14H,7-12H2,1H3,(H,18,23)(H,19,20,21). The van der Waals surface area contributed by atoms with Crippen molar-refractivity contribution >= 4 is 27.7 Å². The van der Waals surface area contributed by atoms with E-state index < -0.39 is 10.0 Å². The second-order valence-corrected chi connectivity index (χ2v) is 9.45. The Morgan fingerprint density at radius 2 is 2.00 bits per heavy atom. The lowest BCUT2D eigenvalue weighted by molar-refractivity contribution is -0.125. The molecule has 1 aromatic heterocycles. The molecule has 146 valence electrons. The number of rotatable bonds is 7. The zero-order chi connectivity index (χ0) is 19.3. The molecule has 1 aromatic carbocycles. The number of aromatic nitrogens is 3. The summed E-state index contributed by atoms with van der Waals surface area (Å²) in [6.45, 7) is 1.33. The Morgan fingerprint density at radius 1 is 1.30 bits per heavy atom. The van der Waals surface area contributed by atoms with Gasteiger partial charge in [-0.15, -0.1) is 5.10 Å². The number of sulfonamides is 1. The quantitative estimate of drug-likeness (QED) is 0.528. The van der Waals surface area contributed by atoms with Crippen LogP contribution in [0.15, 0.2) is 35.5 Å². The molecule has 1 aliphatic rings. The fourth-order valence-corrected chi connectivity index (χ4v) is 4.47. The lowest BCUT2D eigenvalue weighted by Crippen LogP contribution is -2.42. The van der Waals surface area contributed by atoms with Gasteiger partial charge in [0.05, 0.1) is 6.26 Å². The third kappa shape index (κ3) is 5.53. The van der Waals surface area contributed by atoms with Gasteiger partial charge < -0.3 is 5.32 Å². The predicted molar refractivity (Wildman–Crippen MR) is 105 cm³/mol. The monoisotopic (exact) mass is 409 g/mol. The second-order valence-electron chi connectivity index (χ2n) is 6.41. The smallest absolute Gasteiger partial charge is 0.223 e. The number of hydrogen-bond acceptors (Lipinski definition) is 6. The summed E-state index contributed by atoms with van der Waals surface area (Å²) in [7, 11) is -3.16. The van der Waals surface area contributed by atoms with Gasteiger partial charge in [-0.05, 0) is 12.8 Å². The number of nitrogens with one attached hydrogen (secondary N) is 2. The van der Waals surface area contributed by atoms with E-state index in [1.807, 2.05) is 30.3 Å². The van der Waals surface area contributed by atoms with Crippen LogP contribution in [0, 0.1) is 5.92 Å². The third-order valence-electron chi connectivity index (χ3n) is 4.44. The van der Waals surface area contributed by atoms with Crippen LogP contribution in [0.2, 0.25) is 0 Å². The molecule has 1 aliphatic heterocycles. The molecule has 27 heavy (non-hydrogen) atoms. The topological polar surface area (TPSA) is 108 Å². The molecule has 0 spiro atoms. The summed E-state index contributed by atoms with van der Waals surface area (Å²) in [5, 5.41) is 10.7. The fraction of sp³-hybridized carbons (Fsp3) is 0.471. The lowest BCUT2D eigenvalue weighted by Gasteiger charge is -2.29. The minimum Gasteiger partial charge on any atom is -0.355 e. The highest BCUT2D eigenvalue weighted by molar-refractivity contribution is 7.99. The van der Waals surface area contributed by atoms with Crippen LogP contribution in [0.4, 0.5) is 0 Å². The third-order valence-corrected chi connectivity index (χ3v) is 6.59. The van der Waals surface area contributed by atoms with E-state index in [1.54, 1.807) is 0 Å². The van der Waals surface area contributed by atoms with Crippen molar-refractivity contribution < 1.29 is 13.2 Å². The largest absolute Gasteiger partial charge is 0.355 e. The minimum absolute atomic E-state index is 0.0105. The molecule has 3 rings (SSSR count). The Kier molecular flexibility index (Phi) is 6.51. The molecule has 1 amide bonds. The van der Waals surface area contributed by atoms with Crippen LogP contribution in [0.1, 0.15) is 12.8 Å². The molecule has 8 nitrogen and oxygen atoms in total. The molecular weight excluding hydrogens is 386 g/mol. The van der Waals surface area contributed by atoms with Gasteiger partial charge in [0.25, 0.3) is 0 Å². The van der Waals surface area contributed by atoms with Gasteiger partial charge in [-0.2, -0.15) is 0 Å². The Morgan fingerprint density at radius 3 is 2.67 bits per heavy atom. The summed E-state index contributed by atoms with van der Waals surface area (Å²) < 4.78 is 24.4. The highest BCUT2D eigenvalue weighted by Gasteiger charge is 2.28. The Balaban J connectivity index is 1.38. The van der Waals surface area contributed by atoms with Gasteiger partial charge in [0, 0.05) is 36.9 Å². The number of thioether (sulfide) groups is 1. The molecule has 0 saturated carbocycles. The van der Waals surface area contributed by atoms with E-state index in [0.29, 0.717) is 43.4 Å². The van der Waals surface area contributed by atoms with Crippen LogP contribution in [0.3, 0.4) is 0 Å². The molecule has 0 atom stereocenters. The van der Waals surface area contributed by atoms with E-state index in [1.165, 1.54) is 22.3 Å². The van der Waals surface area contributed by atoms with E-state index >= 15 is 0 Å². The first-order valence-electron chi connectivity index (χ1n) is 8.77. The first kappa shape index (κ1) is 19.8. The number of amides is 1. The molecule has 0 aliphatic carbocycles. The van der Waals surface area contributed by atoms with Gasteiger partial charge in [0.15, 0.2) is 5.82 Å². The van der Waals surface area contributed by atoms with Crippen molar-refractivity contribution in [2.45, 2.75) is 18.0 Å². The van der Waals surface area contributed by atoms with Crippen molar-refractivity contribution in [1.82, 2.24) is 24.8 Å². The van der Waals surface area contributed by atoms with E-state index in [0.717, 1.165) is 11.4 Å². The van der Waals surface area contributed by atoms with Crippen LogP contribution in [0.5, 0.6) is 0 Å². The number of carbonyl (C=O) groups excluding carboxylic acids is 1. The first-order chi connectivity index (χ1) is 12.9. The van der Waals surface area contributed by atoms with Gasteiger partial charge in [-0.3, -0.25) is 9.89 Å². The number of benzene rings is 1. The van der Waals surface area contributed by atoms with Gasteiger partial charge in [0.2, 0.25) is 21.1 Å². The molecule has 1 fully saturated rings. The summed E-state index contributed by atoms with van der Waals surface area (Å²) in [6.07, 6.45) is 2.33. The van der Waals surface area contributed by atoms with Crippen molar-refractivity contribution in [1.29, 1.82) is 0 Å². The molecule has 2 aromatic rings. The molecule has 1 saturated heterocycles. The summed E-state index contributed by atoms with van der Waals surface area (Å²) in [6, 6.07) is 9.76. The highest BCUT2D eigenvalue weighted by atomic mass is 32.2. The number of H-pyrrole nitrogens is 1. The number of hydrogen-bond donors (Lipinski definition) is 2. The van der Waals surface area contributed by atoms with Gasteiger partial charge in [-0.25, -0.2) is 17.7 Å². The van der Waals surface area contributed by atoms with Crippen LogP contribution < -0.4 is 5.32 Å². The zero-order valence-corrected chi connectivity index (χ0v) is 16.7. The summed E-state index contributed by atoms with van der Waals surface area (Å²) in [4.78, 5) is 16.7. The van der Waals surface area contributed by atoms with Crippen molar-refractivity contribution in [2.24, 2.45) is 5.92 Å². The number of carbonyl (C=O) groups is 1. The maximum absolute atomic E-state index is 12.2. The number of piperidine rings is 1. The minimum atomic E-state index is -3.16. The predicted octanol–water partition coefficient (Wildman–Crippen LogP) is 1.35. The summed E-state index contributed by atoms with van der Waals surface area (Å²) in [5.41, 5.74) is 0.977. The average Bonchev–Trinajstić information content (AvgIpc) is 3.14. The van der Waals surface area contributed by atoms with E-state index in [9.17, 15) is 13.2 Å².